The zero-order valence-corrected chi connectivity index (χ0v) is 10.7. The Hall–Kier alpha value is -0.940. The second kappa shape index (κ2) is 6.12. The van der Waals surface area contributed by atoms with Crippen LogP contribution in [0.2, 0.25) is 0 Å². The summed E-state index contributed by atoms with van der Waals surface area (Å²) in [6.45, 7) is 6.89. The van der Waals surface area contributed by atoms with Gasteiger partial charge in [0, 0.05) is 19.2 Å². The monoisotopic (exact) mass is 238 g/mol. The molecule has 0 amide bonds. The maximum atomic E-state index is 5.67. The van der Waals surface area contributed by atoms with Crippen molar-refractivity contribution in [2.24, 2.45) is 0 Å². The fourth-order valence-corrected chi connectivity index (χ4v) is 2.27. The van der Waals surface area contributed by atoms with Crippen LogP contribution in [-0.4, -0.2) is 33.5 Å². The Morgan fingerprint density at radius 1 is 1.53 bits per heavy atom. The summed E-state index contributed by atoms with van der Waals surface area (Å²) in [6.07, 6.45) is 5.51. The van der Waals surface area contributed by atoms with Crippen molar-refractivity contribution in [2.45, 2.75) is 58.3 Å². The number of aryl methyl sites for hydroxylation is 1. The quantitative estimate of drug-likeness (QED) is 0.841. The molecule has 2 heterocycles. The lowest BCUT2D eigenvalue weighted by Crippen LogP contribution is -2.38. The van der Waals surface area contributed by atoms with Crippen LogP contribution in [0.3, 0.4) is 0 Å². The summed E-state index contributed by atoms with van der Waals surface area (Å²) in [4.78, 5) is 0. The predicted octanol–water partition coefficient (Wildman–Crippen LogP) is 1.35. The molecule has 1 fully saturated rings. The van der Waals surface area contributed by atoms with Crippen molar-refractivity contribution in [3.8, 4) is 0 Å². The second-order valence-electron chi connectivity index (χ2n) is 4.54. The van der Waals surface area contributed by atoms with Crippen LogP contribution in [0.1, 0.15) is 38.9 Å². The van der Waals surface area contributed by atoms with Gasteiger partial charge in [0.2, 0.25) is 0 Å². The van der Waals surface area contributed by atoms with E-state index in [1.807, 2.05) is 0 Å². The maximum absolute atomic E-state index is 5.67. The van der Waals surface area contributed by atoms with Gasteiger partial charge >= 0.3 is 0 Å². The van der Waals surface area contributed by atoms with Gasteiger partial charge in [-0.3, -0.25) is 0 Å². The van der Waals surface area contributed by atoms with E-state index in [0.717, 1.165) is 44.8 Å². The predicted molar refractivity (Wildman–Crippen MR) is 65.6 cm³/mol. The minimum Gasteiger partial charge on any atom is -0.378 e. The van der Waals surface area contributed by atoms with E-state index >= 15 is 0 Å². The first kappa shape index (κ1) is 12.5. The van der Waals surface area contributed by atoms with E-state index in [1.54, 1.807) is 6.33 Å². The summed E-state index contributed by atoms with van der Waals surface area (Å²) in [7, 11) is 0. The second-order valence-corrected chi connectivity index (χ2v) is 4.54. The molecule has 1 N–H and O–H groups in total. The van der Waals surface area contributed by atoms with Gasteiger partial charge in [-0.2, -0.15) is 0 Å². The molecule has 0 aromatic carbocycles. The number of nitrogens with zero attached hydrogens (tertiary/aromatic N) is 3. The van der Waals surface area contributed by atoms with Crippen LogP contribution >= 0.6 is 0 Å². The number of ether oxygens (including phenoxy) is 1. The molecule has 0 spiro atoms. The molecule has 0 aliphatic carbocycles. The summed E-state index contributed by atoms with van der Waals surface area (Å²) in [5.41, 5.74) is 0. The minimum atomic E-state index is 0.422. The van der Waals surface area contributed by atoms with E-state index in [1.165, 1.54) is 0 Å². The Labute approximate surface area is 103 Å². The molecule has 2 rings (SSSR count). The highest BCUT2D eigenvalue weighted by Crippen LogP contribution is 2.16. The SMILES string of the molecule is CCC1CC(NCc2nncn2CC)CCO1. The molecule has 0 bridgehead atoms. The van der Waals surface area contributed by atoms with Crippen molar-refractivity contribution >= 4 is 0 Å². The highest BCUT2D eigenvalue weighted by atomic mass is 16.5. The van der Waals surface area contributed by atoms with Gasteiger partial charge < -0.3 is 14.6 Å². The van der Waals surface area contributed by atoms with Crippen molar-refractivity contribution in [3.05, 3.63) is 12.2 Å². The zero-order chi connectivity index (χ0) is 12.1. The highest BCUT2D eigenvalue weighted by molar-refractivity contribution is 4.86. The number of hydrogen-bond acceptors (Lipinski definition) is 4. The Morgan fingerprint density at radius 3 is 3.18 bits per heavy atom. The molecule has 17 heavy (non-hydrogen) atoms. The maximum Gasteiger partial charge on any atom is 0.146 e. The number of aromatic nitrogens is 3. The summed E-state index contributed by atoms with van der Waals surface area (Å²) < 4.78 is 7.74. The standard InChI is InChI=1S/C12H22N4O/c1-3-11-7-10(5-6-17-11)13-8-12-15-14-9-16(12)4-2/h9-11,13H,3-8H2,1-2H3. The molecule has 1 aromatic heterocycles. The molecule has 2 unspecified atom stereocenters. The van der Waals surface area contributed by atoms with Gasteiger partial charge in [0.15, 0.2) is 0 Å². The molecule has 1 saturated heterocycles. The Balaban J connectivity index is 1.81. The Morgan fingerprint density at radius 2 is 2.41 bits per heavy atom. The lowest BCUT2D eigenvalue weighted by atomic mass is 10.0. The van der Waals surface area contributed by atoms with Crippen LogP contribution in [0.25, 0.3) is 0 Å². The van der Waals surface area contributed by atoms with Crippen molar-refractivity contribution < 1.29 is 4.74 Å². The topological polar surface area (TPSA) is 52.0 Å². The van der Waals surface area contributed by atoms with Crippen molar-refractivity contribution in [3.63, 3.8) is 0 Å². The summed E-state index contributed by atoms with van der Waals surface area (Å²) in [5, 5.41) is 11.6. The van der Waals surface area contributed by atoms with Gasteiger partial charge in [0.25, 0.3) is 0 Å². The molecule has 1 aliphatic heterocycles. The third kappa shape index (κ3) is 3.26. The third-order valence-electron chi connectivity index (χ3n) is 3.41. The summed E-state index contributed by atoms with van der Waals surface area (Å²) in [6, 6.07) is 0.552. The zero-order valence-electron chi connectivity index (χ0n) is 10.7. The Bertz CT molecular complexity index is 339. The van der Waals surface area contributed by atoms with Crippen molar-refractivity contribution in [2.75, 3.05) is 6.61 Å². The van der Waals surface area contributed by atoms with Crippen LogP contribution in [0.5, 0.6) is 0 Å². The van der Waals surface area contributed by atoms with Gasteiger partial charge in [-0.05, 0) is 26.2 Å². The largest absolute Gasteiger partial charge is 0.378 e. The first-order chi connectivity index (χ1) is 8.33. The van der Waals surface area contributed by atoms with Crippen LogP contribution in [0, 0.1) is 0 Å². The summed E-state index contributed by atoms with van der Waals surface area (Å²) in [5.74, 6) is 1.02. The number of hydrogen-bond donors (Lipinski definition) is 1. The fraction of sp³-hybridized carbons (Fsp3) is 0.833. The van der Waals surface area contributed by atoms with Crippen molar-refractivity contribution in [1.29, 1.82) is 0 Å². The molecule has 0 radical (unpaired) electrons. The van der Waals surface area contributed by atoms with Crippen LogP contribution in [-0.2, 0) is 17.8 Å². The van der Waals surface area contributed by atoms with Crippen molar-refractivity contribution in [1.82, 2.24) is 20.1 Å². The van der Waals surface area contributed by atoms with Gasteiger partial charge in [-0.25, -0.2) is 0 Å². The third-order valence-corrected chi connectivity index (χ3v) is 3.41. The van der Waals surface area contributed by atoms with Gasteiger partial charge in [-0.15, -0.1) is 10.2 Å². The van der Waals surface area contributed by atoms with E-state index in [2.05, 4.69) is 33.9 Å². The Kier molecular flexibility index (Phi) is 4.50. The average molecular weight is 238 g/mol. The fourth-order valence-electron chi connectivity index (χ4n) is 2.27. The first-order valence-electron chi connectivity index (χ1n) is 6.55. The normalized spacial score (nSPS) is 25.1. The lowest BCUT2D eigenvalue weighted by molar-refractivity contribution is -0.000466. The molecular formula is C12H22N4O. The molecule has 1 aliphatic rings. The molecule has 1 aromatic rings. The van der Waals surface area contributed by atoms with Gasteiger partial charge in [-0.1, -0.05) is 6.92 Å². The van der Waals surface area contributed by atoms with E-state index in [0.29, 0.717) is 12.1 Å². The molecule has 5 heteroatoms. The molecular weight excluding hydrogens is 216 g/mol. The number of nitrogens with one attached hydrogen (secondary N) is 1. The van der Waals surface area contributed by atoms with Crippen LogP contribution in [0.4, 0.5) is 0 Å². The molecule has 5 nitrogen and oxygen atoms in total. The molecule has 0 saturated carbocycles. The van der Waals surface area contributed by atoms with Crippen LogP contribution in [0.15, 0.2) is 6.33 Å². The molecule has 96 valence electrons. The molecule has 2 atom stereocenters. The van der Waals surface area contributed by atoms with Crippen LogP contribution < -0.4 is 5.32 Å². The van der Waals surface area contributed by atoms with Gasteiger partial charge in [0.05, 0.1) is 12.6 Å². The van der Waals surface area contributed by atoms with E-state index in [9.17, 15) is 0 Å². The highest BCUT2D eigenvalue weighted by Gasteiger charge is 2.21. The van der Waals surface area contributed by atoms with E-state index < -0.39 is 0 Å². The first-order valence-corrected chi connectivity index (χ1v) is 6.55. The lowest BCUT2D eigenvalue weighted by Gasteiger charge is -2.29. The smallest absolute Gasteiger partial charge is 0.146 e. The minimum absolute atomic E-state index is 0.422. The van der Waals surface area contributed by atoms with E-state index in [-0.39, 0.29) is 0 Å². The van der Waals surface area contributed by atoms with Gasteiger partial charge in [0.1, 0.15) is 12.2 Å². The van der Waals surface area contributed by atoms with E-state index in [4.69, 9.17) is 4.74 Å². The number of rotatable bonds is 5. The average Bonchev–Trinajstić information content (AvgIpc) is 2.84. The summed E-state index contributed by atoms with van der Waals surface area (Å²) >= 11 is 0.